The molecule has 0 spiro atoms. The highest BCUT2D eigenvalue weighted by atomic mass is 35.5. The van der Waals surface area contributed by atoms with Crippen LogP contribution in [0.1, 0.15) is 41.5 Å². The Labute approximate surface area is 121 Å². The van der Waals surface area contributed by atoms with E-state index in [-0.39, 0.29) is 12.4 Å². The maximum absolute atomic E-state index is 3.43. The van der Waals surface area contributed by atoms with E-state index >= 15 is 0 Å². The third-order valence-electron chi connectivity index (χ3n) is 4.04. The predicted octanol–water partition coefficient (Wildman–Crippen LogP) is 4.29. The highest BCUT2D eigenvalue weighted by Gasteiger charge is 2.26. The fourth-order valence-corrected chi connectivity index (χ4v) is 3.12. The van der Waals surface area contributed by atoms with Crippen molar-refractivity contribution in [3.63, 3.8) is 0 Å². The first-order valence-electron chi connectivity index (χ1n) is 6.71. The van der Waals surface area contributed by atoms with Crippen LogP contribution >= 0.6 is 12.4 Å². The number of rotatable bonds is 2. The molecular formula is C17H20ClN. The highest BCUT2D eigenvalue weighted by Crippen LogP contribution is 2.40. The maximum atomic E-state index is 3.43. The number of hydrogen-bond acceptors (Lipinski definition) is 1. The van der Waals surface area contributed by atoms with Crippen molar-refractivity contribution in [2.75, 3.05) is 7.05 Å². The molecule has 0 fully saturated rings. The third-order valence-corrected chi connectivity index (χ3v) is 4.04. The zero-order valence-corrected chi connectivity index (χ0v) is 12.0. The van der Waals surface area contributed by atoms with Crippen molar-refractivity contribution in [2.24, 2.45) is 0 Å². The molecule has 0 aromatic heterocycles. The molecule has 100 valence electrons. The molecule has 0 amide bonds. The largest absolute Gasteiger partial charge is 0.313 e. The summed E-state index contributed by atoms with van der Waals surface area (Å²) in [7, 11) is 2.06. The molecule has 1 nitrogen and oxygen atoms in total. The molecule has 1 aliphatic rings. The summed E-state index contributed by atoms with van der Waals surface area (Å²) >= 11 is 0. The zero-order chi connectivity index (χ0) is 12.4. The summed E-state index contributed by atoms with van der Waals surface area (Å²) in [6, 6.07) is 20.3. The molecule has 0 aliphatic heterocycles. The molecule has 1 N–H and O–H groups in total. The molecule has 2 atom stereocenters. The van der Waals surface area contributed by atoms with Gasteiger partial charge in [0.25, 0.3) is 0 Å². The lowest BCUT2D eigenvalue weighted by Crippen LogP contribution is -2.24. The van der Waals surface area contributed by atoms with E-state index in [1.807, 2.05) is 0 Å². The van der Waals surface area contributed by atoms with Gasteiger partial charge in [-0.2, -0.15) is 0 Å². The van der Waals surface area contributed by atoms with E-state index in [9.17, 15) is 0 Å². The summed E-state index contributed by atoms with van der Waals surface area (Å²) in [4.78, 5) is 0. The second-order valence-corrected chi connectivity index (χ2v) is 5.01. The standard InChI is InChI=1S/C17H19N.ClH/c1-18-17-12-11-14(13-7-3-2-4-8-13)15-9-5-6-10-16(15)17;/h2-10,14,17-18H,11-12H2,1H3;1H/t14-,17-;/m0./s1. The molecule has 2 aromatic carbocycles. The first kappa shape index (κ1) is 14.1. The average Bonchev–Trinajstić information content (AvgIpc) is 2.47. The van der Waals surface area contributed by atoms with Gasteiger partial charge < -0.3 is 5.32 Å². The second-order valence-electron chi connectivity index (χ2n) is 5.01. The molecule has 0 bridgehead atoms. The maximum Gasteiger partial charge on any atom is 0.0320 e. The van der Waals surface area contributed by atoms with Gasteiger partial charge in [-0.05, 0) is 36.6 Å². The Bertz CT molecular complexity index is 524. The Kier molecular flexibility index (Phi) is 4.62. The van der Waals surface area contributed by atoms with Gasteiger partial charge in [-0.25, -0.2) is 0 Å². The van der Waals surface area contributed by atoms with Crippen LogP contribution in [-0.4, -0.2) is 7.05 Å². The molecule has 0 unspecified atom stereocenters. The molecule has 0 radical (unpaired) electrons. The Balaban J connectivity index is 0.00000133. The number of hydrogen-bond donors (Lipinski definition) is 1. The average molecular weight is 274 g/mol. The van der Waals surface area contributed by atoms with Gasteiger partial charge in [0.05, 0.1) is 0 Å². The zero-order valence-electron chi connectivity index (χ0n) is 11.2. The smallest absolute Gasteiger partial charge is 0.0320 e. The van der Waals surface area contributed by atoms with E-state index < -0.39 is 0 Å². The molecule has 0 saturated heterocycles. The van der Waals surface area contributed by atoms with E-state index in [1.54, 1.807) is 0 Å². The monoisotopic (exact) mass is 273 g/mol. The van der Waals surface area contributed by atoms with Crippen LogP contribution in [0.2, 0.25) is 0 Å². The van der Waals surface area contributed by atoms with Crippen molar-refractivity contribution in [1.29, 1.82) is 0 Å². The van der Waals surface area contributed by atoms with Gasteiger partial charge in [0.15, 0.2) is 0 Å². The molecule has 1 aliphatic carbocycles. The number of nitrogens with one attached hydrogen (secondary N) is 1. The lowest BCUT2D eigenvalue weighted by atomic mass is 9.77. The van der Waals surface area contributed by atoms with Gasteiger partial charge in [-0.3, -0.25) is 0 Å². The van der Waals surface area contributed by atoms with E-state index in [0.29, 0.717) is 12.0 Å². The second kappa shape index (κ2) is 6.23. The van der Waals surface area contributed by atoms with Gasteiger partial charge in [0, 0.05) is 12.0 Å². The van der Waals surface area contributed by atoms with Gasteiger partial charge in [-0.1, -0.05) is 54.6 Å². The van der Waals surface area contributed by atoms with Crippen molar-refractivity contribution in [2.45, 2.75) is 24.8 Å². The first-order chi connectivity index (χ1) is 8.90. The van der Waals surface area contributed by atoms with Crippen molar-refractivity contribution in [1.82, 2.24) is 5.32 Å². The summed E-state index contributed by atoms with van der Waals surface area (Å²) in [6.07, 6.45) is 2.44. The van der Waals surface area contributed by atoms with Gasteiger partial charge >= 0.3 is 0 Å². The van der Waals surface area contributed by atoms with Gasteiger partial charge in [-0.15, -0.1) is 12.4 Å². The SMILES string of the molecule is CN[C@H]1CC[C@@H](c2ccccc2)c2ccccc21.Cl. The molecule has 2 heteroatoms. The predicted molar refractivity (Wildman–Crippen MR) is 83.0 cm³/mol. The summed E-state index contributed by atoms with van der Waals surface area (Å²) in [5, 5.41) is 3.43. The van der Waals surface area contributed by atoms with Crippen molar-refractivity contribution >= 4 is 12.4 Å². The van der Waals surface area contributed by atoms with Gasteiger partial charge in [0.2, 0.25) is 0 Å². The lowest BCUT2D eigenvalue weighted by molar-refractivity contribution is 0.471. The van der Waals surface area contributed by atoms with E-state index in [2.05, 4.69) is 67.0 Å². The molecule has 0 heterocycles. The van der Waals surface area contributed by atoms with Crippen LogP contribution in [0.15, 0.2) is 54.6 Å². The number of benzene rings is 2. The van der Waals surface area contributed by atoms with E-state index in [1.165, 1.54) is 29.5 Å². The minimum Gasteiger partial charge on any atom is -0.313 e. The fourth-order valence-electron chi connectivity index (χ4n) is 3.12. The lowest BCUT2D eigenvalue weighted by Gasteiger charge is -2.31. The number of halogens is 1. The van der Waals surface area contributed by atoms with Crippen molar-refractivity contribution in [3.05, 3.63) is 71.3 Å². The summed E-state index contributed by atoms with van der Waals surface area (Å²) in [5.41, 5.74) is 4.41. The summed E-state index contributed by atoms with van der Waals surface area (Å²) in [5.74, 6) is 0.562. The molecule has 3 rings (SSSR count). The quantitative estimate of drug-likeness (QED) is 0.860. The minimum atomic E-state index is 0. The van der Waals surface area contributed by atoms with E-state index in [0.717, 1.165) is 0 Å². The van der Waals surface area contributed by atoms with Crippen LogP contribution < -0.4 is 5.32 Å². The molecular weight excluding hydrogens is 254 g/mol. The molecule has 19 heavy (non-hydrogen) atoms. The van der Waals surface area contributed by atoms with Crippen LogP contribution in [0.25, 0.3) is 0 Å². The normalized spacial score (nSPS) is 21.3. The first-order valence-corrected chi connectivity index (χ1v) is 6.71. The number of fused-ring (bicyclic) bond motifs is 1. The van der Waals surface area contributed by atoms with E-state index in [4.69, 9.17) is 0 Å². The van der Waals surface area contributed by atoms with Crippen LogP contribution in [0.4, 0.5) is 0 Å². The topological polar surface area (TPSA) is 12.0 Å². The Hall–Kier alpha value is -1.31. The summed E-state index contributed by atoms with van der Waals surface area (Å²) < 4.78 is 0. The summed E-state index contributed by atoms with van der Waals surface area (Å²) in [6.45, 7) is 0. The molecule has 0 saturated carbocycles. The highest BCUT2D eigenvalue weighted by molar-refractivity contribution is 5.85. The van der Waals surface area contributed by atoms with Gasteiger partial charge in [0.1, 0.15) is 0 Å². The Morgan fingerprint density at radius 3 is 2.16 bits per heavy atom. The van der Waals surface area contributed by atoms with Crippen LogP contribution in [0.5, 0.6) is 0 Å². The molecule has 2 aromatic rings. The Morgan fingerprint density at radius 2 is 1.47 bits per heavy atom. The van der Waals surface area contributed by atoms with Crippen LogP contribution in [0.3, 0.4) is 0 Å². The third kappa shape index (κ3) is 2.68. The van der Waals surface area contributed by atoms with Crippen LogP contribution in [-0.2, 0) is 0 Å². The Morgan fingerprint density at radius 1 is 0.842 bits per heavy atom. The fraction of sp³-hybridized carbons (Fsp3) is 0.294. The minimum absolute atomic E-state index is 0. The van der Waals surface area contributed by atoms with Crippen LogP contribution in [0, 0.1) is 0 Å². The van der Waals surface area contributed by atoms with Crippen molar-refractivity contribution < 1.29 is 0 Å². The van der Waals surface area contributed by atoms with Crippen molar-refractivity contribution in [3.8, 4) is 0 Å².